The fourth-order valence-electron chi connectivity index (χ4n) is 2.39. The highest BCUT2D eigenvalue weighted by Gasteiger charge is 2.22. The summed E-state index contributed by atoms with van der Waals surface area (Å²) in [6.07, 6.45) is 6.47. The van der Waals surface area contributed by atoms with Gasteiger partial charge in [-0.05, 0) is 30.4 Å². The predicted octanol–water partition coefficient (Wildman–Crippen LogP) is -0.674. The topological polar surface area (TPSA) is 112 Å². The quantitative estimate of drug-likeness (QED) is 0.154. The minimum Gasteiger partial charge on any atom is -1.00 e. The lowest BCUT2D eigenvalue weighted by molar-refractivity contribution is -0.909. The molecule has 0 amide bonds. The average molecular weight is 441 g/mol. The van der Waals surface area contributed by atoms with Crippen molar-refractivity contribution < 1.29 is 36.0 Å². The van der Waals surface area contributed by atoms with Gasteiger partial charge in [-0.15, -0.1) is 0 Å². The van der Waals surface area contributed by atoms with E-state index < -0.39 is 0 Å². The van der Waals surface area contributed by atoms with Gasteiger partial charge < -0.3 is 41.8 Å². The van der Waals surface area contributed by atoms with Crippen LogP contribution in [0.5, 0.6) is 5.75 Å². The molecule has 1 aliphatic rings. The van der Waals surface area contributed by atoms with Crippen LogP contribution in [0.4, 0.5) is 5.69 Å². The highest BCUT2D eigenvalue weighted by molar-refractivity contribution is 6.48. The second-order valence-electron chi connectivity index (χ2n) is 6.62. The van der Waals surface area contributed by atoms with Gasteiger partial charge in [0.25, 0.3) is 0 Å². The molecule has 0 heterocycles. The Balaban J connectivity index is 0.000000629. The number of phenols is 1. The largest absolute Gasteiger partial charge is 1.00 e. The van der Waals surface area contributed by atoms with E-state index in [-0.39, 0.29) is 40.4 Å². The van der Waals surface area contributed by atoms with E-state index in [1.54, 1.807) is 50.7 Å². The van der Waals surface area contributed by atoms with Crippen molar-refractivity contribution in [3.8, 4) is 5.75 Å². The lowest BCUT2D eigenvalue weighted by Crippen LogP contribution is -3.00. The van der Waals surface area contributed by atoms with Crippen molar-refractivity contribution in [1.82, 2.24) is 0 Å². The number of likely N-dealkylation sites (N-methyl/N-ethyl adjacent to an activating group) is 1. The molecule has 1 aliphatic carbocycles. The second kappa shape index (κ2) is 11.7. The molecule has 0 radical (unpaired) electrons. The molecular formula is C19H29BrN4O3. The molecule has 0 fully saturated rings. The fraction of sp³-hybridized carbons (Fsp3) is 0.368. The number of hydrogen-bond acceptors (Lipinski definition) is 6. The van der Waals surface area contributed by atoms with Gasteiger partial charge in [-0.2, -0.15) is 0 Å². The van der Waals surface area contributed by atoms with Crippen LogP contribution in [0.3, 0.4) is 0 Å². The predicted molar refractivity (Wildman–Crippen MR) is 105 cm³/mol. The maximum atomic E-state index is 9.39. The summed E-state index contributed by atoms with van der Waals surface area (Å²) in [4.78, 5) is 0. The van der Waals surface area contributed by atoms with Crippen LogP contribution in [0.2, 0.25) is 0 Å². The van der Waals surface area contributed by atoms with Crippen molar-refractivity contribution in [2.75, 3.05) is 40.6 Å². The summed E-state index contributed by atoms with van der Waals surface area (Å²) >= 11 is 0. The van der Waals surface area contributed by atoms with Crippen molar-refractivity contribution in [1.29, 1.82) is 10.8 Å². The Labute approximate surface area is 171 Å². The monoisotopic (exact) mass is 440 g/mol. The third-order valence-electron chi connectivity index (χ3n) is 3.80. The molecule has 0 atom stereocenters. The van der Waals surface area contributed by atoms with Crippen molar-refractivity contribution in [2.45, 2.75) is 12.8 Å². The maximum Gasteiger partial charge on any atom is 0.207 e. The van der Waals surface area contributed by atoms with E-state index in [1.807, 2.05) is 6.07 Å². The SMILES string of the molecule is COC(C[N+](C)(C)Cc1ccc(O)c(N)c1)OC.N=C1C=CC=CC1=N.[Br-]. The van der Waals surface area contributed by atoms with Gasteiger partial charge in [-0.3, -0.25) is 10.8 Å². The number of quaternary nitrogens is 1. The molecular weight excluding hydrogens is 412 g/mol. The summed E-state index contributed by atoms with van der Waals surface area (Å²) < 4.78 is 11.1. The molecule has 0 saturated carbocycles. The van der Waals surface area contributed by atoms with Gasteiger partial charge in [0.1, 0.15) is 18.8 Å². The standard InChI is InChI=1S/C13H22N2O3.C6H6N2.BrH/c1-15(2,9-13(17-3)18-4)8-10-5-6-12(16)11(14)7-10;7-5-3-1-2-4-6(5)8;/h5-7,13H,8-9,14H2,1-4H3;1-4,7-8H;1H. The van der Waals surface area contributed by atoms with E-state index >= 15 is 0 Å². The summed E-state index contributed by atoms with van der Waals surface area (Å²) in [6.45, 7) is 1.52. The third kappa shape index (κ3) is 8.96. The number of benzene rings is 1. The number of ether oxygens (including phenoxy) is 2. The van der Waals surface area contributed by atoms with Crippen LogP contribution in [0.1, 0.15) is 5.56 Å². The first-order valence-electron chi connectivity index (χ1n) is 8.15. The van der Waals surface area contributed by atoms with E-state index in [9.17, 15) is 5.11 Å². The molecule has 150 valence electrons. The number of phenolic OH excluding ortho intramolecular Hbond substituents is 1. The van der Waals surface area contributed by atoms with Crippen LogP contribution < -0.4 is 22.7 Å². The maximum absolute atomic E-state index is 9.39. The molecule has 0 saturated heterocycles. The summed E-state index contributed by atoms with van der Waals surface area (Å²) in [6, 6.07) is 5.29. The van der Waals surface area contributed by atoms with Crippen LogP contribution in [0, 0.1) is 10.8 Å². The fourth-order valence-corrected chi connectivity index (χ4v) is 2.39. The van der Waals surface area contributed by atoms with Gasteiger partial charge in [0.05, 0.1) is 31.2 Å². The number of halogens is 1. The summed E-state index contributed by atoms with van der Waals surface area (Å²) in [7, 11) is 7.45. The minimum atomic E-state index is -0.227. The van der Waals surface area contributed by atoms with Crippen molar-refractivity contribution >= 4 is 17.1 Å². The molecule has 0 bridgehead atoms. The third-order valence-corrected chi connectivity index (χ3v) is 3.80. The Morgan fingerprint density at radius 3 is 2.00 bits per heavy atom. The van der Waals surface area contributed by atoms with Crippen LogP contribution in [-0.2, 0) is 16.0 Å². The van der Waals surface area contributed by atoms with Crippen molar-refractivity contribution in [2.24, 2.45) is 0 Å². The lowest BCUT2D eigenvalue weighted by Gasteiger charge is -2.32. The van der Waals surface area contributed by atoms with E-state index in [4.69, 9.17) is 26.0 Å². The first-order chi connectivity index (χ1) is 12.2. The average Bonchev–Trinajstić information content (AvgIpc) is 2.59. The van der Waals surface area contributed by atoms with Gasteiger partial charge in [-0.25, -0.2) is 0 Å². The molecule has 0 spiro atoms. The molecule has 1 aromatic carbocycles. The van der Waals surface area contributed by atoms with Crippen LogP contribution in [0.15, 0.2) is 42.5 Å². The molecule has 27 heavy (non-hydrogen) atoms. The number of aromatic hydroxyl groups is 1. The van der Waals surface area contributed by atoms with Gasteiger partial charge in [0, 0.05) is 19.8 Å². The normalized spacial score (nSPS) is 13.2. The molecule has 2 rings (SSSR count). The molecule has 7 nitrogen and oxygen atoms in total. The van der Waals surface area contributed by atoms with Crippen LogP contribution >= 0.6 is 0 Å². The lowest BCUT2D eigenvalue weighted by atomic mass is 10.1. The number of hydrogen-bond donors (Lipinski definition) is 4. The molecule has 1 aromatic rings. The first kappa shape index (κ1) is 25.0. The van der Waals surface area contributed by atoms with Gasteiger partial charge in [0.15, 0.2) is 0 Å². The Morgan fingerprint density at radius 1 is 1.07 bits per heavy atom. The number of methoxy groups -OCH3 is 2. The highest BCUT2D eigenvalue weighted by Crippen LogP contribution is 2.22. The van der Waals surface area contributed by atoms with Crippen LogP contribution in [0.25, 0.3) is 0 Å². The number of nitrogen functional groups attached to an aromatic ring is 1. The van der Waals surface area contributed by atoms with E-state index in [0.717, 1.165) is 18.7 Å². The Kier molecular flexibility index (Phi) is 10.8. The number of nitrogens with one attached hydrogen (secondary N) is 2. The molecule has 5 N–H and O–H groups in total. The Morgan fingerprint density at radius 2 is 1.59 bits per heavy atom. The number of nitrogens with zero attached hydrogens (tertiary/aromatic N) is 1. The zero-order chi connectivity index (χ0) is 19.7. The molecule has 0 aromatic heterocycles. The van der Waals surface area contributed by atoms with E-state index in [0.29, 0.717) is 10.2 Å². The smallest absolute Gasteiger partial charge is 0.207 e. The molecule has 0 unspecified atom stereocenters. The van der Waals surface area contributed by atoms with Crippen LogP contribution in [-0.4, -0.2) is 62.2 Å². The van der Waals surface area contributed by atoms with E-state index in [1.165, 1.54) is 0 Å². The Bertz CT molecular complexity index is 676. The van der Waals surface area contributed by atoms with E-state index in [2.05, 4.69) is 14.1 Å². The number of nitrogens with two attached hydrogens (primary N) is 1. The minimum absolute atomic E-state index is 0. The van der Waals surface area contributed by atoms with Gasteiger partial charge in [-0.1, -0.05) is 12.2 Å². The zero-order valence-electron chi connectivity index (χ0n) is 16.2. The van der Waals surface area contributed by atoms with Crippen molar-refractivity contribution in [3.05, 3.63) is 48.1 Å². The summed E-state index contributed by atoms with van der Waals surface area (Å²) in [5.74, 6) is 0.121. The number of rotatable bonds is 6. The first-order valence-corrected chi connectivity index (χ1v) is 8.15. The second-order valence-corrected chi connectivity index (χ2v) is 6.62. The zero-order valence-corrected chi connectivity index (χ0v) is 17.8. The van der Waals surface area contributed by atoms with Gasteiger partial charge in [0.2, 0.25) is 6.29 Å². The molecule has 8 heteroatoms. The number of anilines is 1. The summed E-state index contributed by atoms with van der Waals surface area (Å²) in [5.41, 5.74) is 7.73. The summed E-state index contributed by atoms with van der Waals surface area (Å²) in [5, 5.41) is 23.5. The molecule has 0 aliphatic heterocycles. The Hall–Kier alpha value is -2.00. The highest BCUT2D eigenvalue weighted by atomic mass is 79.9. The number of allylic oxidation sites excluding steroid dienone is 4. The van der Waals surface area contributed by atoms with Crippen molar-refractivity contribution in [3.63, 3.8) is 0 Å². The van der Waals surface area contributed by atoms with Gasteiger partial charge >= 0.3 is 0 Å².